The first-order valence-electron chi connectivity index (χ1n) is 5.74. The number of hydrogen-bond acceptors (Lipinski definition) is 2. The molecule has 0 aromatic carbocycles. The predicted molar refractivity (Wildman–Crippen MR) is 59.2 cm³/mol. The molecule has 0 amide bonds. The largest absolute Gasteiger partial charge is 0.365 e. The summed E-state index contributed by atoms with van der Waals surface area (Å²) in [6.45, 7) is 2.03. The van der Waals surface area contributed by atoms with Crippen LogP contribution in [0.15, 0.2) is 12.3 Å². The first-order valence-corrected chi connectivity index (χ1v) is 5.74. The van der Waals surface area contributed by atoms with Crippen molar-refractivity contribution in [1.82, 2.24) is 4.98 Å². The van der Waals surface area contributed by atoms with Crippen molar-refractivity contribution in [3.8, 4) is 0 Å². The highest BCUT2D eigenvalue weighted by Crippen LogP contribution is 2.29. The molecule has 2 nitrogen and oxygen atoms in total. The first-order chi connectivity index (χ1) is 7.66. The molecule has 1 fully saturated rings. The number of nitrogens with one attached hydrogen (secondary N) is 1. The average molecular weight is 226 g/mol. The monoisotopic (exact) mass is 226 g/mol. The molecule has 1 aliphatic carbocycles. The molecule has 0 radical (unpaired) electrons. The van der Waals surface area contributed by atoms with Crippen LogP contribution in [0.2, 0.25) is 0 Å². The Kier molecular flexibility index (Phi) is 3.36. The van der Waals surface area contributed by atoms with E-state index in [2.05, 4.69) is 10.3 Å². The summed E-state index contributed by atoms with van der Waals surface area (Å²) in [5.41, 5.74) is 0. The van der Waals surface area contributed by atoms with E-state index in [0.717, 1.165) is 12.3 Å². The lowest BCUT2D eigenvalue weighted by atomic mass is 10.00. The highest BCUT2D eigenvalue weighted by molar-refractivity contribution is 5.37. The van der Waals surface area contributed by atoms with Gasteiger partial charge in [0.1, 0.15) is 5.82 Å². The number of halogens is 2. The molecule has 1 unspecified atom stereocenters. The van der Waals surface area contributed by atoms with E-state index in [4.69, 9.17) is 0 Å². The van der Waals surface area contributed by atoms with Crippen molar-refractivity contribution in [1.29, 1.82) is 0 Å². The van der Waals surface area contributed by atoms with Crippen LogP contribution in [0.4, 0.5) is 14.6 Å². The summed E-state index contributed by atoms with van der Waals surface area (Å²) in [5, 5.41) is 3.03. The molecule has 0 aliphatic heterocycles. The zero-order valence-corrected chi connectivity index (χ0v) is 9.34. The predicted octanol–water partition coefficient (Wildman–Crippen LogP) is 3.35. The van der Waals surface area contributed by atoms with Gasteiger partial charge in [0.2, 0.25) is 0 Å². The molecule has 0 bridgehead atoms. The van der Waals surface area contributed by atoms with Gasteiger partial charge in [0.15, 0.2) is 11.6 Å². The van der Waals surface area contributed by atoms with Crippen molar-refractivity contribution >= 4 is 5.82 Å². The highest BCUT2D eigenvalue weighted by atomic mass is 19.1. The third kappa shape index (κ3) is 2.49. The van der Waals surface area contributed by atoms with Gasteiger partial charge in [-0.1, -0.05) is 12.8 Å². The quantitative estimate of drug-likeness (QED) is 0.854. The lowest BCUT2D eigenvalue weighted by molar-refractivity contribution is 0.477. The van der Waals surface area contributed by atoms with Gasteiger partial charge in [-0.2, -0.15) is 0 Å². The molecule has 1 aliphatic rings. The molecule has 1 aromatic rings. The maximum atomic E-state index is 13.3. The Morgan fingerprint density at radius 1 is 1.38 bits per heavy atom. The molecular weight excluding hydrogens is 210 g/mol. The molecule has 1 saturated carbocycles. The average Bonchev–Trinajstić information content (AvgIpc) is 2.75. The smallest absolute Gasteiger partial charge is 0.168 e. The molecule has 4 heteroatoms. The maximum Gasteiger partial charge on any atom is 0.168 e. The molecule has 0 saturated heterocycles. The van der Waals surface area contributed by atoms with Crippen LogP contribution in [0.5, 0.6) is 0 Å². The fourth-order valence-electron chi connectivity index (χ4n) is 2.31. The summed E-state index contributed by atoms with van der Waals surface area (Å²) in [4.78, 5) is 3.73. The van der Waals surface area contributed by atoms with E-state index in [1.807, 2.05) is 6.92 Å². The van der Waals surface area contributed by atoms with E-state index in [1.165, 1.54) is 25.7 Å². The lowest BCUT2D eigenvalue weighted by Crippen LogP contribution is -2.25. The summed E-state index contributed by atoms with van der Waals surface area (Å²) in [5.74, 6) is -0.534. The summed E-state index contributed by atoms with van der Waals surface area (Å²) < 4.78 is 26.0. The molecule has 1 atom stereocenters. The lowest BCUT2D eigenvalue weighted by Gasteiger charge is -2.21. The van der Waals surface area contributed by atoms with Crippen LogP contribution >= 0.6 is 0 Å². The number of aromatic nitrogens is 1. The van der Waals surface area contributed by atoms with E-state index < -0.39 is 11.6 Å². The van der Waals surface area contributed by atoms with Gasteiger partial charge in [0.25, 0.3) is 0 Å². The number of rotatable bonds is 3. The van der Waals surface area contributed by atoms with Crippen LogP contribution in [0, 0.1) is 17.6 Å². The second-order valence-electron chi connectivity index (χ2n) is 4.46. The number of nitrogens with zero attached hydrogens (tertiary/aromatic N) is 1. The Balaban J connectivity index is 2.02. The minimum atomic E-state index is -0.642. The van der Waals surface area contributed by atoms with E-state index >= 15 is 0 Å². The van der Waals surface area contributed by atoms with Crippen molar-refractivity contribution in [2.75, 3.05) is 5.32 Å². The Morgan fingerprint density at radius 3 is 2.69 bits per heavy atom. The van der Waals surface area contributed by atoms with Crippen molar-refractivity contribution in [3.63, 3.8) is 0 Å². The second-order valence-corrected chi connectivity index (χ2v) is 4.46. The van der Waals surface area contributed by atoms with Gasteiger partial charge < -0.3 is 5.32 Å². The molecule has 16 heavy (non-hydrogen) atoms. The van der Waals surface area contributed by atoms with Crippen LogP contribution in [0.1, 0.15) is 32.6 Å². The zero-order valence-electron chi connectivity index (χ0n) is 9.34. The van der Waals surface area contributed by atoms with E-state index in [1.54, 1.807) is 0 Å². The normalized spacial score (nSPS) is 18.7. The van der Waals surface area contributed by atoms with Crippen LogP contribution < -0.4 is 5.32 Å². The second kappa shape index (κ2) is 4.76. The molecule has 0 spiro atoms. The third-order valence-electron chi connectivity index (χ3n) is 3.28. The number of pyridine rings is 1. The molecule has 88 valence electrons. The minimum Gasteiger partial charge on any atom is -0.365 e. The Hall–Kier alpha value is -1.19. The summed E-state index contributed by atoms with van der Waals surface area (Å²) in [6, 6.07) is 1.05. The third-order valence-corrected chi connectivity index (χ3v) is 3.28. The zero-order chi connectivity index (χ0) is 11.5. The van der Waals surface area contributed by atoms with Crippen LogP contribution in [0.3, 0.4) is 0 Å². The summed E-state index contributed by atoms with van der Waals surface area (Å²) >= 11 is 0. The van der Waals surface area contributed by atoms with Gasteiger partial charge in [-0.15, -0.1) is 0 Å². The van der Waals surface area contributed by atoms with E-state index in [9.17, 15) is 8.78 Å². The fraction of sp³-hybridized carbons (Fsp3) is 0.583. The van der Waals surface area contributed by atoms with Crippen molar-refractivity contribution in [2.45, 2.75) is 38.6 Å². The van der Waals surface area contributed by atoms with Gasteiger partial charge in [-0.25, -0.2) is 13.8 Å². The maximum absolute atomic E-state index is 13.3. The molecule has 1 heterocycles. The van der Waals surface area contributed by atoms with Gasteiger partial charge in [-0.3, -0.25) is 0 Å². The van der Waals surface area contributed by atoms with Gasteiger partial charge in [-0.05, 0) is 25.7 Å². The topological polar surface area (TPSA) is 24.9 Å². The van der Waals surface area contributed by atoms with Gasteiger partial charge in [0, 0.05) is 12.1 Å². The minimum absolute atomic E-state index is 0.154. The van der Waals surface area contributed by atoms with Crippen LogP contribution in [-0.4, -0.2) is 11.0 Å². The highest BCUT2D eigenvalue weighted by Gasteiger charge is 2.22. The molecule has 1 N–H and O–H groups in total. The summed E-state index contributed by atoms with van der Waals surface area (Å²) in [7, 11) is 0. The fourth-order valence-corrected chi connectivity index (χ4v) is 2.31. The van der Waals surface area contributed by atoms with Crippen LogP contribution in [-0.2, 0) is 0 Å². The number of hydrogen-bond donors (Lipinski definition) is 1. The van der Waals surface area contributed by atoms with Crippen LogP contribution in [0.25, 0.3) is 0 Å². The van der Waals surface area contributed by atoms with Crippen molar-refractivity contribution in [3.05, 3.63) is 23.9 Å². The summed E-state index contributed by atoms with van der Waals surface area (Å²) in [6.07, 6.45) is 5.88. The Morgan fingerprint density at radius 2 is 2.06 bits per heavy atom. The Bertz CT molecular complexity index is 362. The van der Waals surface area contributed by atoms with Gasteiger partial charge >= 0.3 is 0 Å². The standard InChI is InChI=1S/C12H16F2N2/c1-8(9-4-2-3-5-9)16-12-11(14)6-10(13)7-15-12/h6-9H,2-5H2,1H3,(H,15,16). The SMILES string of the molecule is CC(Nc1ncc(F)cc1F)C1CCCC1. The first kappa shape index (κ1) is 11.3. The van der Waals surface area contributed by atoms with Gasteiger partial charge in [0.05, 0.1) is 6.20 Å². The molecule has 1 aromatic heterocycles. The van der Waals surface area contributed by atoms with Crippen molar-refractivity contribution in [2.24, 2.45) is 5.92 Å². The van der Waals surface area contributed by atoms with E-state index in [-0.39, 0.29) is 11.9 Å². The molecular formula is C12H16F2N2. The Labute approximate surface area is 94.1 Å². The number of anilines is 1. The molecule has 2 rings (SSSR count). The van der Waals surface area contributed by atoms with E-state index in [0.29, 0.717) is 5.92 Å². The van der Waals surface area contributed by atoms with Crippen molar-refractivity contribution < 1.29 is 8.78 Å².